The Morgan fingerprint density at radius 1 is 1.27 bits per heavy atom. The molecule has 2 heteroatoms. The Labute approximate surface area is 70.0 Å². The third-order valence-corrected chi connectivity index (χ3v) is 1.88. The molecule has 0 amide bonds. The molecule has 2 N–H and O–H groups in total. The van der Waals surface area contributed by atoms with Gasteiger partial charge >= 0.3 is 0 Å². The summed E-state index contributed by atoms with van der Waals surface area (Å²) in [7, 11) is 0. The van der Waals surface area contributed by atoms with E-state index in [4.69, 9.17) is 5.11 Å². The molecule has 0 aromatic carbocycles. The van der Waals surface area contributed by atoms with Crippen LogP contribution in [-0.2, 0) is 0 Å². The summed E-state index contributed by atoms with van der Waals surface area (Å²) >= 11 is 0. The summed E-state index contributed by atoms with van der Waals surface area (Å²) in [6.45, 7) is 5.62. The van der Waals surface area contributed by atoms with Gasteiger partial charge in [-0.1, -0.05) is 26.7 Å². The molecule has 0 aromatic heterocycles. The zero-order valence-corrected chi connectivity index (χ0v) is 7.77. The maximum atomic E-state index is 8.72. The molecule has 0 aliphatic heterocycles. The van der Waals surface area contributed by atoms with Crippen molar-refractivity contribution in [1.82, 2.24) is 5.32 Å². The lowest BCUT2D eigenvalue weighted by atomic mass is 10.1. The summed E-state index contributed by atoms with van der Waals surface area (Å²) in [5.41, 5.74) is 0. The molecule has 0 rings (SSSR count). The molecule has 0 bridgehead atoms. The van der Waals surface area contributed by atoms with Crippen LogP contribution < -0.4 is 5.32 Å². The van der Waals surface area contributed by atoms with Gasteiger partial charge in [0.2, 0.25) is 0 Å². The minimum atomic E-state index is 0.307. The lowest BCUT2D eigenvalue weighted by molar-refractivity contribution is 0.260. The predicted octanol–water partition coefficient (Wildman–Crippen LogP) is 1.54. The fourth-order valence-corrected chi connectivity index (χ4v) is 1.24. The van der Waals surface area contributed by atoms with Crippen molar-refractivity contribution in [2.45, 2.75) is 45.6 Å². The van der Waals surface area contributed by atoms with Crippen molar-refractivity contribution in [1.29, 1.82) is 0 Å². The molecule has 1 atom stereocenters. The SMILES string of the molecule is CCCCC(CCO)NCC. The Balaban J connectivity index is 3.34. The van der Waals surface area contributed by atoms with E-state index in [1.165, 1.54) is 19.3 Å². The predicted molar refractivity (Wildman–Crippen MR) is 48.7 cm³/mol. The number of rotatable bonds is 7. The molecule has 0 aliphatic carbocycles. The van der Waals surface area contributed by atoms with Crippen LogP contribution in [0.15, 0.2) is 0 Å². The van der Waals surface area contributed by atoms with Crippen LogP contribution in [0.3, 0.4) is 0 Å². The second-order valence-corrected chi connectivity index (χ2v) is 2.91. The average molecular weight is 159 g/mol. The van der Waals surface area contributed by atoms with Crippen LogP contribution in [0.4, 0.5) is 0 Å². The number of unbranched alkanes of at least 4 members (excludes halogenated alkanes) is 1. The number of hydrogen-bond donors (Lipinski definition) is 2. The Hall–Kier alpha value is -0.0800. The third-order valence-electron chi connectivity index (χ3n) is 1.88. The topological polar surface area (TPSA) is 32.3 Å². The van der Waals surface area contributed by atoms with Crippen molar-refractivity contribution in [3.63, 3.8) is 0 Å². The van der Waals surface area contributed by atoms with Crippen LogP contribution in [0.1, 0.15) is 39.5 Å². The van der Waals surface area contributed by atoms with E-state index in [1.807, 2.05) is 0 Å². The van der Waals surface area contributed by atoms with Crippen LogP contribution in [-0.4, -0.2) is 24.3 Å². The standard InChI is InChI=1S/C9H21NO/c1-3-5-6-9(7-8-11)10-4-2/h9-11H,3-8H2,1-2H3. The first-order valence-corrected chi connectivity index (χ1v) is 4.69. The van der Waals surface area contributed by atoms with Gasteiger partial charge in [0.1, 0.15) is 0 Å². The Morgan fingerprint density at radius 2 is 2.00 bits per heavy atom. The van der Waals surface area contributed by atoms with Crippen molar-refractivity contribution < 1.29 is 5.11 Å². The third kappa shape index (κ3) is 6.32. The highest BCUT2D eigenvalue weighted by atomic mass is 16.3. The van der Waals surface area contributed by atoms with E-state index < -0.39 is 0 Å². The normalized spacial score (nSPS) is 13.4. The molecule has 2 nitrogen and oxygen atoms in total. The van der Waals surface area contributed by atoms with E-state index in [9.17, 15) is 0 Å². The van der Waals surface area contributed by atoms with Gasteiger partial charge < -0.3 is 10.4 Å². The van der Waals surface area contributed by atoms with Gasteiger partial charge in [-0.2, -0.15) is 0 Å². The van der Waals surface area contributed by atoms with Crippen LogP contribution in [0.25, 0.3) is 0 Å². The van der Waals surface area contributed by atoms with Crippen molar-refractivity contribution >= 4 is 0 Å². The minimum absolute atomic E-state index is 0.307. The van der Waals surface area contributed by atoms with E-state index in [2.05, 4.69) is 19.2 Å². The average Bonchev–Trinajstić information content (AvgIpc) is 2.01. The Morgan fingerprint density at radius 3 is 2.45 bits per heavy atom. The van der Waals surface area contributed by atoms with Gasteiger partial charge in [-0.25, -0.2) is 0 Å². The molecule has 0 saturated carbocycles. The maximum absolute atomic E-state index is 8.72. The molecule has 1 unspecified atom stereocenters. The van der Waals surface area contributed by atoms with Crippen LogP contribution in [0, 0.1) is 0 Å². The number of aliphatic hydroxyl groups is 1. The van der Waals surface area contributed by atoms with Crippen molar-refractivity contribution in [3.8, 4) is 0 Å². The molecule has 0 heterocycles. The lowest BCUT2D eigenvalue weighted by Gasteiger charge is -2.15. The summed E-state index contributed by atoms with van der Waals surface area (Å²) in [4.78, 5) is 0. The lowest BCUT2D eigenvalue weighted by Crippen LogP contribution is -2.29. The Bertz CT molecular complexity index is 70.0. The van der Waals surface area contributed by atoms with Gasteiger partial charge in [0.25, 0.3) is 0 Å². The molecule has 0 fully saturated rings. The van der Waals surface area contributed by atoms with E-state index in [0.717, 1.165) is 13.0 Å². The molecular weight excluding hydrogens is 138 g/mol. The van der Waals surface area contributed by atoms with Crippen LogP contribution in [0.2, 0.25) is 0 Å². The van der Waals surface area contributed by atoms with Gasteiger partial charge in [0.15, 0.2) is 0 Å². The van der Waals surface area contributed by atoms with Crippen molar-refractivity contribution in [3.05, 3.63) is 0 Å². The van der Waals surface area contributed by atoms with Gasteiger partial charge in [-0.05, 0) is 19.4 Å². The molecular formula is C9H21NO. The first-order chi connectivity index (χ1) is 5.35. The van der Waals surface area contributed by atoms with Gasteiger partial charge in [-0.15, -0.1) is 0 Å². The molecule has 0 aliphatic rings. The summed E-state index contributed by atoms with van der Waals surface area (Å²) in [5.74, 6) is 0. The zero-order chi connectivity index (χ0) is 8.53. The van der Waals surface area contributed by atoms with Gasteiger partial charge in [0, 0.05) is 12.6 Å². The second kappa shape index (κ2) is 8.02. The monoisotopic (exact) mass is 159 g/mol. The van der Waals surface area contributed by atoms with Crippen LogP contribution >= 0.6 is 0 Å². The fraction of sp³-hybridized carbons (Fsp3) is 1.00. The van der Waals surface area contributed by atoms with Crippen molar-refractivity contribution in [2.75, 3.05) is 13.2 Å². The first-order valence-electron chi connectivity index (χ1n) is 4.69. The van der Waals surface area contributed by atoms with E-state index in [-0.39, 0.29) is 0 Å². The van der Waals surface area contributed by atoms with Crippen molar-refractivity contribution in [2.24, 2.45) is 0 Å². The first kappa shape index (κ1) is 10.9. The highest BCUT2D eigenvalue weighted by molar-refractivity contribution is 4.64. The van der Waals surface area contributed by atoms with E-state index in [1.54, 1.807) is 0 Å². The maximum Gasteiger partial charge on any atom is 0.0445 e. The minimum Gasteiger partial charge on any atom is -0.396 e. The van der Waals surface area contributed by atoms with Gasteiger partial charge in [0.05, 0.1) is 0 Å². The molecule has 0 saturated heterocycles. The summed E-state index contributed by atoms with van der Waals surface area (Å²) in [6.07, 6.45) is 4.60. The Kier molecular flexibility index (Phi) is 7.96. The molecule has 11 heavy (non-hydrogen) atoms. The smallest absolute Gasteiger partial charge is 0.0445 e. The van der Waals surface area contributed by atoms with Gasteiger partial charge in [-0.3, -0.25) is 0 Å². The molecule has 68 valence electrons. The fourth-order valence-electron chi connectivity index (χ4n) is 1.24. The summed E-state index contributed by atoms with van der Waals surface area (Å²) in [5, 5.41) is 12.1. The molecule has 0 aromatic rings. The largest absolute Gasteiger partial charge is 0.396 e. The highest BCUT2D eigenvalue weighted by Crippen LogP contribution is 2.03. The zero-order valence-electron chi connectivity index (χ0n) is 7.77. The molecule has 0 spiro atoms. The molecule has 0 radical (unpaired) electrons. The summed E-state index contributed by atoms with van der Waals surface area (Å²) in [6, 6.07) is 0.532. The summed E-state index contributed by atoms with van der Waals surface area (Å²) < 4.78 is 0. The number of aliphatic hydroxyl groups excluding tert-OH is 1. The number of nitrogens with one attached hydrogen (secondary N) is 1. The van der Waals surface area contributed by atoms with Crippen LogP contribution in [0.5, 0.6) is 0 Å². The van der Waals surface area contributed by atoms with E-state index >= 15 is 0 Å². The quantitative estimate of drug-likeness (QED) is 0.590. The van der Waals surface area contributed by atoms with E-state index in [0.29, 0.717) is 12.6 Å². The number of hydrogen-bond acceptors (Lipinski definition) is 2. The second-order valence-electron chi connectivity index (χ2n) is 2.91. The highest BCUT2D eigenvalue weighted by Gasteiger charge is 2.04.